The van der Waals surface area contributed by atoms with Crippen molar-refractivity contribution in [3.05, 3.63) is 35.4 Å². The molecule has 1 heterocycles. The van der Waals surface area contributed by atoms with Crippen molar-refractivity contribution >= 4 is 21.7 Å². The van der Waals surface area contributed by atoms with Crippen LogP contribution in [0.2, 0.25) is 0 Å². The molecule has 2 amide bonds. The van der Waals surface area contributed by atoms with Crippen LogP contribution in [-0.2, 0) is 32.0 Å². The summed E-state index contributed by atoms with van der Waals surface area (Å²) in [7, 11) is -3.14. The molecule has 6 nitrogen and oxygen atoms in total. The van der Waals surface area contributed by atoms with Crippen molar-refractivity contribution in [2.45, 2.75) is 32.0 Å². The van der Waals surface area contributed by atoms with Gasteiger partial charge in [-0.3, -0.25) is 9.59 Å². The van der Waals surface area contributed by atoms with E-state index < -0.39 is 39.4 Å². The highest BCUT2D eigenvalue weighted by atomic mass is 32.2. The quantitative estimate of drug-likeness (QED) is 0.774. The summed E-state index contributed by atoms with van der Waals surface area (Å²) in [6.07, 6.45) is -4.42. The molecule has 1 aromatic carbocycles. The van der Waals surface area contributed by atoms with E-state index in [1.165, 1.54) is 17.0 Å². The van der Waals surface area contributed by atoms with E-state index in [9.17, 15) is 31.2 Å². The van der Waals surface area contributed by atoms with E-state index in [-0.39, 0.29) is 36.6 Å². The molecule has 150 valence electrons. The van der Waals surface area contributed by atoms with Crippen molar-refractivity contribution in [3.8, 4) is 0 Å². The zero-order valence-electron chi connectivity index (χ0n) is 14.8. The Morgan fingerprint density at radius 1 is 1.30 bits per heavy atom. The number of amides is 2. The summed E-state index contributed by atoms with van der Waals surface area (Å²) in [4.78, 5) is 25.6. The average Bonchev–Trinajstić information content (AvgIpc) is 2.90. The Bertz CT molecular complexity index is 809. The number of benzene rings is 1. The van der Waals surface area contributed by atoms with Gasteiger partial charge in [0, 0.05) is 12.6 Å². The normalized spacial score (nSPS) is 18.9. The van der Waals surface area contributed by atoms with Gasteiger partial charge in [-0.1, -0.05) is 18.2 Å². The molecular formula is C17H21F3N2O4S. The van der Waals surface area contributed by atoms with Crippen LogP contribution in [0.5, 0.6) is 0 Å². The predicted molar refractivity (Wildman–Crippen MR) is 92.6 cm³/mol. The molecule has 2 rings (SSSR count). The SMILES string of the molecule is CCN(CC(=O)N[C@@H]1CCS(=O)(=O)C1)C(=O)Cc1cccc(C(F)(F)F)c1. The molecule has 1 aliphatic heterocycles. The number of nitrogens with zero attached hydrogens (tertiary/aromatic N) is 1. The highest BCUT2D eigenvalue weighted by Crippen LogP contribution is 2.29. The fraction of sp³-hybridized carbons (Fsp3) is 0.529. The van der Waals surface area contributed by atoms with E-state index in [2.05, 4.69) is 5.32 Å². The highest BCUT2D eigenvalue weighted by molar-refractivity contribution is 7.91. The van der Waals surface area contributed by atoms with Gasteiger partial charge in [-0.2, -0.15) is 13.2 Å². The van der Waals surface area contributed by atoms with Crippen LogP contribution in [0.1, 0.15) is 24.5 Å². The van der Waals surface area contributed by atoms with Gasteiger partial charge in [0.1, 0.15) is 0 Å². The van der Waals surface area contributed by atoms with Crippen molar-refractivity contribution in [2.24, 2.45) is 0 Å². The predicted octanol–water partition coefficient (Wildman–Crippen LogP) is 1.40. The smallest absolute Gasteiger partial charge is 0.351 e. The lowest BCUT2D eigenvalue weighted by Crippen LogP contribution is -2.45. The zero-order chi connectivity index (χ0) is 20.2. The Hall–Kier alpha value is -2.10. The first-order chi connectivity index (χ1) is 12.5. The number of hydrogen-bond acceptors (Lipinski definition) is 4. The molecule has 1 saturated heterocycles. The van der Waals surface area contributed by atoms with Gasteiger partial charge >= 0.3 is 6.18 Å². The Kier molecular flexibility index (Phi) is 6.50. The van der Waals surface area contributed by atoms with Crippen LogP contribution in [0.4, 0.5) is 13.2 Å². The van der Waals surface area contributed by atoms with Crippen LogP contribution in [0.15, 0.2) is 24.3 Å². The molecule has 0 bridgehead atoms. The number of alkyl halides is 3. The van der Waals surface area contributed by atoms with Gasteiger partial charge in [-0.05, 0) is 25.0 Å². The van der Waals surface area contributed by atoms with Gasteiger partial charge < -0.3 is 10.2 Å². The summed E-state index contributed by atoms with van der Waals surface area (Å²) < 4.78 is 61.1. The molecule has 27 heavy (non-hydrogen) atoms. The van der Waals surface area contributed by atoms with Gasteiger partial charge in [-0.25, -0.2) is 8.42 Å². The van der Waals surface area contributed by atoms with Crippen molar-refractivity contribution in [1.29, 1.82) is 0 Å². The number of rotatable bonds is 6. The lowest BCUT2D eigenvalue weighted by Gasteiger charge is -2.22. The molecule has 1 aromatic rings. The Balaban J connectivity index is 1.94. The Labute approximate surface area is 155 Å². The van der Waals surface area contributed by atoms with Gasteiger partial charge in [0.25, 0.3) is 0 Å². The lowest BCUT2D eigenvalue weighted by atomic mass is 10.1. The van der Waals surface area contributed by atoms with Crippen molar-refractivity contribution < 1.29 is 31.2 Å². The molecule has 0 saturated carbocycles. The largest absolute Gasteiger partial charge is 0.416 e. The number of carbonyl (C=O) groups excluding carboxylic acids is 2. The van der Waals surface area contributed by atoms with Crippen LogP contribution in [0, 0.1) is 0 Å². The Morgan fingerprint density at radius 3 is 2.56 bits per heavy atom. The van der Waals surface area contributed by atoms with E-state index in [4.69, 9.17) is 0 Å². The minimum Gasteiger partial charge on any atom is -0.351 e. The van der Waals surface area contributed by atoms with Crippen LogP contribution in [-0.4, -0.2) is 55.8 Å². The third-order valence-corrected chi connectivity index (χ3v) is 6.04. The molecule has 1 N–H and O–H groups in total. The molecule has 10 heteroatoms. The van der Waals surface area contributed by atoms with Crippen LogP contribution >= 0.6 is 0 Å². The van der Waals surface area contributed by atoms with E-state index >= 15 is 0 Å². The minimum absolute atomic E-state index is 0.0178. The maximum absolute atomic E-state index is 12.8. The number of sulfone groups is 1. The monoisotopic (exact) mass is 406 g/mol. The first-order valence-electron chi connectivity index (χ1n) is 8.44. The molecule has 1 aliphatic rings. The van der Waals surface area contributed by atoms with Crippen LogP contribution in [0.3, 0.4) is 0 Å². The maximum Gasteiger partial charge on any atom is 0.416 e. The standard InChI is InChI=1S/C17H21F3N2O4S/c1-2-22(10-15(23)21-14-6-7-27(25,26)11-14)16(24)9-12-4-3-5-13(8-12)17(18,19)20/h3-5,8,14H,2,6-7,9-11H2,1H3,(H,21,23)/t14-/m1/s1. The number of carbonyl (C=O) groups is 2. The fourth-order valence-electron chi connectivity index (χ4n) is 2.88. The second-order valence-corrected chi connectivity index (χ2v) is 8.68. The molecular weight excluding hydrogens is 385 g/mol. The van der Waals surface area contributed by atoms with Gasteiger partial charge in [-0.15, -0.1) is 0 Å². The van der Waals surface area contributed by atoms with E-state index in [0.717, 1.165) is 12.1 Å². The van der Waals surface area contributed by atoms with Gasteiger partial charge in [0.2, 0.25) is 11.8 Å². The maximum atomic E-state index is 12.8. The summed E-state index contributed by atoms with van der Waals surface area (Å²) >= 11 is 0. The molecule has 1 fully saturated rings. The lowest BCUT2D eigenvalue weighted by molar-refractivity contribution is -0.138. The molecule has 0 unspecified atom stereocenters. The van der Waals surface area contributed by atoms with E-state index in [1.807, 2.05) is 0 Å². The first kappa shape index (κ1) is 21.2. The minimum atomic E-state index is -4.50. The molecule has 0 aliphatic carbocycles. The van der Waals surface area contributed by atoms with Crippen molar-refractivity contribution in [3.63, 3.8) is 0 Å². The number of halogens is 3. The van der Waals surface area contributed by atoms with E-state index in [1.54, 1.807) is 6.92 Å². The number of nitrogens with one attached hydrogen (secondary N) is 1. The summed E-state index contributed by atoms with van der Waals surface area (Å²) in [6, 6.07) is 4.02. The molecule has 0 radical (unpaired) electrons. The fourth-order valence-corrected chi connectivity index (χ4v) is 4.55. The first-order valence-corrected chi connectivity index (χ1v) is 10.3. The summed E-state index contributed by atoms with van der Waals surface area (Å²) in [5.74, 6) is -1.07. The van der Waals surface area contributed by atoms with Crippen LogP contribution < -0.4 is 5.32 Å². The second kappa shape index (κ2) is 8.28. The third-order valence-electron chi connectivity index (χ3n) is 4.28. The number of hydrogen-bond donors (Lipinski definition) is 1. The zero-order valence-corrected chi connectivity index (χ0v) is 15.6. The number of likely N-dealkylation sites (N-methyl/N-ethyl adjacent to an activating group) is 1. The van der Waals surface area contributed by atoms with Crippen LogP contribution in [0.25, 0.3) is 0 Å². The van der Waals surface area contributed by atoms with Gasteiger partial charge in [0.05, 0.1) is 30.0 Å². The molecule has 0 aromatic heterocycles. The van der Waals surface area contributed by atoms with E-state index in [0.29, 0.717) is 6.42 Å². The Morgan fingerprint density at radius 2 is 2.00 bits per heavy atom. The summed E-state index contributed by atoms with van der Waals surface area (Å²) in [6.45, 7) is 1.58. The topological polar surface area (TPSA) is 83.6 Å². The second-order valence-electron chi connectivity index (χ2n) is 6.45. The van der Waals surface area contributed by atoms with Gasteiger partial charge in [0.15, 0.2) is 9.84 Å². The summed E-state index contributed by atoms with van der Waals surface area (Å²) in [5.41, 5.74) is -0.633. The van der Waals surface area contributed by atoms with Crippen molar-refractivity contribution in [1.82, 2.24) is 10.2 Å². The molecule has 1 atom stereocenters. The van der Waals surface area contributed by atoms with Crippen molar-refractivity contribution in [2.75, 3.05) is 24.6 Å². The molecule has 0 spiro atoms. The highest BCUT2D eigenvalue weighted by Gasteiger charge is 2.31. The summed E-state index contributed by atoms with van der Waals surface area (Å²) in [5, 5.41) is 2.59. The third kappa shape index (κ3) is 6.23. The average molecular weight is 406 g/mol.